The Morgan fingerprint density at radius 3 is 2.81 bits per heavy atom. The maximum atomic E-state index is 13.1. The van der Waals surface area contributed by atoms with E-state index in [1.165, 1.54) is 12.1 Å². The van der Waals surface area contributed by atoms with E-state index in [0.717, 1.165) is 5.56 Å². The minimum absolute atomic E-state index is 0. The van der Waals surface area contributed by atoms with Crippen LogP contribution in [0.2, 0.25) is 0 Å². The Balaban J connectivity index is 0.00000128. The van der Waals surface area contributed by atoms with E-state index in [4.69, 9.17) is 5.73 Å². The topological polar surface area (TPSA) is 65.7 Å². The first kappa shape index (κ1) is 12.7. The highest BCUT2D eigenvalue weighted by molar-refractivity contribution is 6.00. The summed E-state index contributed by atoms with van der Waals surface area (Å²) in [6.07, 6.45) is 0. The van der Waals surface area contributed by atoms with Gasteiger partial charge in [0.15, 0.2) is 5.84 Å². The van der Waals surface area contributed by atoms with Crippen molar-refractivity contribution in [3.63, 3.8) is 0 Å². The number of rotatable bonds is 2. The minimum atomic E-state index is -0.301. The lowest BCUT2D eigenvalue weighted by Gasteiger charge is -2.14. The molecular weight excluding hydrogens is 233 g/mol. The summed E-state index contributed by atoms with van der Waals surface area (Å²) in [4.78, 5) is 0. The molecule has 0 saturated heterocycles. The zero-order valence-corrected chi connectivity index (χ0v) is 9.51. The van der Waals surface area contributed by atoms with E-state index < -0.39 is 0 Å². The van der Waals surface area contributed by atoms with Gasteiger partial charge in [0.2, 0.25) is 0 Å². The molecule has 0 bridgehead atoms. The van der Waals surface area contributed by atoms with Crippen LogP contribution in [0.25, 0.3) is 0 Å². The standard InChI is InChI=1S/C9H12FN5.ClH/c1-15-9(12-13-14-15)8-4-7(10)3-2-6(8)5-11;/h2-4,13-14H,5,11H2,1H3;1H. The van der Waals surface area contributed by atoms with E-state index in [-0.39, 0.29) is 18.2 Å². The third-order valence-corrected chi connectivity index (χ3v) is 2.23. The Labute approximate surface area is 98.8 Å². The van der Waals surface area contributed by atoms with Crippen LogP contribution in [0.1, 0.15) is 11.1 Å². The van der Waals surface area contributed by atoms with Crippen LogP contribution in [-0.4, -0.2) is 17.9 Å². The Kier molecular flexibility index (Phi) is 4.05. The van der Waals surface area contributed by atoms with Crippen molar-refractivity contribution >= 4 is 18.2 Å². The van der Waals surface area contributed by atoms with Crippen molar-refractivity contribution < 1.29 is 4.39 Å². The number of nitrogens with zero attached hydrogens (tertiary/aromatic N) is 2. The molecule has 0 radical (unpaired) electrons. The van der Waals surface area contributed by atoms with Crippen LogP contribution in [0.4, 0.5) is 4.39 Å². The molecule has 1 aromatic carbocycles. The predicted molar refractivity (Wildman–Crippen MR) is 62.1 cm³/mol. The van der Waals surface area contributed by atoms with Crippen molar-refractivity contribution in [3.8, 4) is 0 Å². The molecule has 0 atom stereocenters. The van der Waals surface area contributed by atoms with Crippen LogP contribution in [-0.2, 0) is 6.54 Å². The van der Waals surface area contributed by atoms with E-state index in [1.54, 1.807) is 18.1 Å². The van der Waals surface area contributed by atoms with Gasteiger partial charge in [0, 0.05) is 19.2 Å². The monoisotopic (exact) mass is 245 g/mol. The van der Waals surface area contributed by atoms with Crippen LogP contribution < -0.4 is 16.8 Å². The Morgan fingerprint density at radius 1 is 1.50 bits per heavy atom. The van der Waals surface area contributed by atoms with Gasteiger partial charge in [-0.3, -0.25) is 5.01 Å². The fourth-order valence-electron chi connectivity index (χ4n) is 1.46. The Bertz CT molecular complexity index is 409. The third-order valence-electron chi connectivity index (χ3n) is 2.23. The number of nitrogens with one attached hydrogen (secondary N) is 2. The van der Waals surface area contributed by atoms with Crippen molar-refractivity contribution in [2.75, 3.05) is 7.05 Å². The van der Waals surface area contributed by atoms with E-state index in [2.05, 4.69) is 16.2 Å². The molecular formula is C9H13ClFN5. The van der Waals surface area contributed by atoms with Crippen molar-refractivity contribution in [2.24, 2.45) is 10.8 Å². The molecule has 0 spiro atoms. The van der Waals surface area contributed by atoms with Gasteiger partial charge in [-0.05, 0) is 17.7 Å². The van der Waals surface area contributed by atoms with Gasteiger partial charge in [-0.1, -0.05) is 6.07 Å². The summed E-state index contributed by atoms with van der Waals surface area (Å²) in [6.45, 7) is 0.350. The number of hydrazine groups is 2. The zero-order chi connectivity index (χ0) is 10.8. The highest BCUT2D eigenvalue weighted by Crippen LogP contribution is 2.14. The first-order valence-electron chi connectivity index (χ1n) is 4.53. The highest BCUT2D eigenvalue weighted by Gasteiger charge is 2.17. The first-order chi connectivity index (χ1) is 7.22. The van der Waals surface area contributed by atoms with Gasteiger partial charge in [0.1, 0.15) is 5.82 Å². The van der Waals surface area contributed by atoms with Crippen molar-refractivity contribution in [2.45, 2.75) is 6.54 Å². The van der Waals surface area contributed by atoms with Gasteiger partial charge in [-0.2, -0.15) is 0 Å². The molecule has 0 aliphatic carbocycles. The summed E-state index contributed by atoms with van der Waals surface area (Å²) >= 11 is 0. The molecule has 5 nitrogen and oxygen atoms in total. The quantitative estimate of drug-likeness (QED) is 0.702. The van der Waals surface area contributed by atoms with Gasteiger partial charge >= 0.3 is 0 Å². The lowest BCUT2D eigenvalue weighted by atomic mass is 10.1. The van der Waals surface area contributed by atoms with Crippen molar-refractivity contribution in [1.82, 2.24) is 16.1 Å². The molecule has 0 amide bonds. The normalized spacial score (nSPS) is 14.2. The van der Waals surface area contributed by atoms with Gasteiger partial charge in [-0.25, -0.2) is 9.93 Å². The molecule has 2 rings (SSSR count). The van der Waals surface area contributed by atoms with Gasteiger partial charge in [0.05, 0.1) is 0 Å². The highest BCUT2D eigenvalue weighted by atomic mass is 35.5. The molecule has 16 heavy (non-hydrogen) atoms. The number of hydrogen-bond donors (Lipinski definition) is 3. The molecule has 1 heterocycles. The molecule has 88 valence electrons. The van der Waals surface area contributed by atoms with Crippen LogP contribution in [0, 0.1) is 5.82 Å². The summed E-state index contributed by atoms with van der Waals surface area (Å²) < 4.78 is 13.1. The fourth-order valence-corrected chi connectivity index (χ4v) is 1.46. The smallest absolute Gasteiger partial charge is 0.173 e. The summed E-state index contributed by atoms with van der Waals surface area (Å²) in [7, 11) is 1.78. The maximum Gasteiger partial charge on any atom is 0.173 e. The summed E-state index contributed by atoms with van der Waals surface area (Å²) in [5.74, 6) is 0.320. The molecule has 0 fully saturated rings. The SMILES string of the molecule is CN1NNN=C1c1cc(F)ccc1CN.Cl. The van der Waals surface area contributed by atoms with Crippen LogP contribution in [0.15, 0.2) is 23.3 Å². The number of halogens is 2. The summed E-state index contributed by atoms with van der Waals surface area (Å²) in [6, 6.07) is 4.48. The predicted octanol–water partition coefficient (Wildman–Crippen LogP) is 0.322. The van der Waals surface area contributed by atoms with Gasteiger partial charge in [0.25, 0.3) is 0 Å². The van der Waals surface area contributed by atoms with Crippen LogP contribution >= 0.6 is 12.4 Å². The van der Waals surface area contributed by atoms with E-state index >= 15 is 0 Å². The van der Waals surface area contributed by atoms with E-state index in [0.29, 0.717) is 17.9 Å². The zero-order valence-electron chi connectivity index (χ0n) is 8.70. The second kappa shape index (κ2) is 5.11. The second-order valence-corrected chi connectivity index (χ2v) is 3.22. The second-order valence-electron chi connectivity index (χ2n) is 3.22. The third kappa shape index (κ3) is 2.24. The average molecular weight is 246 g/mol. The first-order valence-corrected chi connectivity index (χ1v) is 4.53. The van der Waals surface area contributed by atoms with Gasteiger partial charge < -0.3 is 5.73 Å². The number of amidine groups is 1. The van der Waals surface area contributed by atoms with E-state index in [9.17, 15) is 4.39 Å². The largest absolute Gasteiger partial charge is 0.326 e. The molecule has 0 unspecified atom stereocenters. The lowest BCUT2D eigenvalue weighted by Crippen LogP contribution is -2.38. The molecule has 1 aliphatic rings. The summed E-state index contributed by atoms with van der Waals surface area (Å²) in [5.41, 5.74) is 12.5. The molecule has 0 saturated carbocycles. The molecule has 1 aliphatic heterocycles. The number of hydrazone groups is 1. The Hall–Kier alpha value is -1.37. The number of nitrogens with two attached hydrogens (primary N) is 1. The Morgan fingerprint density at radius 2 is 2.25 bits per heavy atom. The van der Waals surface area contributed by atoms with Crippen LogP contribution in [0.5, 0.6) is 0 Å². The van der Waals surface area contributed by atoms with Gasteiger partial charge in [-0.15, -0.1) is 23.0 Å². The maximum absolute atomic E-state index is 13.1. The number of benzene rings is 1. The molecule has 7 heteroatoms. The molecule has 1 aromatic rings. The fraction of sp³-hybridized carbons (Fsp3) is 0.222. The van der Waals surface area contributed by atoms with Crippen molar-refractivity contribution in [1.29, 1.82) is 0 Å². The molecule has 0 aromatic heterocycles. The van der Waals surface area contributed by atoms with E-state index in [1.807, 2.05) is 0 Å². The number of hydrogen-bond acceptors (Lipinski definition) is 5. The average Bonchev–Trinajstić information content (AvgIpc) is 2.64. The minimum Gasteiger partial charge on any atom is -0.326 e. The van der Waals surface area contributed by atoms with Crippen LogP contribution in [0.3, 0.4) is 0 Å². The summed E-state index contributed by atoms with van der Waals surface area (Å²) in [5, 5.41) is 5.66. The molecule has 4 N–H and O–H groups in total. The van der Waals surface area contributed by atoms with Crippen molar-refractivity contribution in [3.05, 3.63) is 35.1 Å². The lowest BCUT2D eigenvalue weighted by molar-refractivity contribution is 0.348.